The molecule has 5 nitrogen and oxygen atoms in total. The van der Waals surface area contributed by atoms with Crippen LogP contribution in [0.3, 0.4) is 0 Å². The van der Waals surface area contributed by atoms with E-state index in [1.165, 1.54) is 0 Å². The van der Waals surface area contributed by atoms with E-state index in [1.54, 1.807) is 7.11 Å². The third-order valence-corrected chi connectivity index (χ3v) is 4.32. The summed E-state index contributed by atoms with van der Waals surface area (Å²) >= 11 is 0. The zero-order chi connectivity index (χ0) is 15.5. The molecule has 5 heteroatoms. The van der Waals surface area contributed by atoms with E-state index < -0.39 is 0 Å². The van der Waals surface area contributed by atoms with Gasteiger partial charge in [0.05, 0.1) is 18.5 Å². The standard InChI is InChI=1S/C16H29N3O2/c1-6-21-13-9-12(15(13)20-5)18-14(16(2,3)4)10-19-8-7-17-11-19/h7-8,11-15,18H,6,9-10H2,1-5H3. The molecule has 0 bridgehead atoms. The van der Waals surface area contributed by atoms with E-state index in [0.29, 0.717) is 12.1 Å². The minimum Gasteiger partial charge on any atom is -0.377 e. The smallest absolute Gasteiger partial charge is 0.0986 e. The highest BCUT2D eigenvalue weighted by Crippen LogP contribution is 2.30. The Labute approximate surface area is 128 Å². The molecule has 1 N–H and O–H groups in total. The van der Waals surface area contributed by atoms with E-state index in [-0.39, 0.29) is 17.6 Å². The highest BCUT2D eigenvalue weighted by molar-refractivity contribution is 5.00. The molecule has 0 aliphatic heterocycles. The molecule has 1 aliphatic rings. The zero-order valence-corrected chi connectivity index (χ0v) is 13.9. The molecule has 0 aromatic carbocycles. The highest BCUT2D eigenvalue weighted by atomic mass is 16.5. The minimum atomic E-state index is 0.151. The molecule has 120 valence electrons. The number of nitrogens with zero attached hydrogens (tertiary/aromatic N) is 2. The van der Waals surface area contributed by atoms with Gasteiger partial charge in [0, 0.05) is 44.7 Å². The molecule has 1 aliphatic carbocycles. The number of methoxy groups -OCH3 is 1. The Kier molecular flexibility index (Phi) is 5.41. The van der Waals surface area contributed by atoms with Gasteiger partial charge < -0.3 is 19.4 Å². The Hall–Kier alpha value is -0.910. The van der Waals surface area contributed by atoms with Crippen LogP contribution in [0.25, 0.3) is 0 Å². The summed E-state index contributed by atoms with van der Waals surface area (Å²) in [5, 5.41) is 3.77. The lowest BCUT2D eigenvalue weighted by Gasteiger charge is -2.47. The molecule has 1 heterocycles. The lowest BCUT2D eigenvalue weighted by molar-refractivity contribution is -0.135. The van der Waals surface area contributed by atoms with Crippen LogP contribution in [0, 0.1) is 5.41 Å². The van der Waals surface area contributed by atoms with Gasteiger partial charge in [0.15, 0.2) is 0 Å². The second-order valence-corrected chi connectivity index (χ2v) is 6.88. The molecule has 4 atom stereocenters. The van der Waals surface area contributed by atoms with Gasteiger partial charge in [-0.3, -0.25) is 0 Å². The second-order valence-electron chi connectivity index (χ2n) is 6.88. The summed E-state index contributed by atoms with van der Waals surface area (Å²) in [5.74, 6) is 0. The Morgan fingerprint density at radius 1 is 1.43 bits per heavy atom. The minimum absolute atomic E-state index is 0.151. The van der Waals surface area contributed by atoms with Crippen molar-refractivity contribution in [3.63, 3.8) is 0 Å². The fourth-order valence-electron chi connectivity index (χ4n) is 2.88. The van der Waals surface area contributed by atoms with Crippen molar-refractivity contribution in [2.24, 2.45) is 5.41 Å². The van der Waals surface area contributed by atoms with E-state index in [2.05, 4.69) is 35.6 Å². The molecule has 21 heavy (non-hydrogen) atoms. The summed E-state index contributed by atoms with van der Waals surface area (Å²) in [6.45, 7) is 10.5. The van der Waals surface area contributed by atoms with Gasteiger partial charge in [0.25, 0.3) is 0 Å². The first-order chi connectivity index (χ1) is 9.95. The van der Waals surface area contributed by atoms with E-state index in [9.17, 15) is 0 Å². The van der Waals surface area contributed by atoms with Crippen LogP contribution in [0.4, 0.5) is 0 Å². The molecule has 0 radical (unpaired) electrons. The molecule has 0 amide bonds. The molecule has 4 unspecified atom stereocenters. The monoisotopic (exact) mass is 295 g/mol. The number of ether oxygens (including phenoxy) is 2. The lowest BCUT2D eigenvalue weighted by atomic mass is 9.80. The van der Waals surface area contributed by atoms with Gasteiger partial charge in [-0.1, -0.05) is 20.8 Å². The van der Waals surface area contributed by atoms with Crippen LogP contribution < -0.4 is 5.32 Å². The molecular weight excluding hydrogens is 266 g/mol. The van der Waals surface area contributed by atoms with Crippen LogP contribution in [-0.4, -0.2) is 47.6 Å². The highest BCUT2D eigenvalue weighted by Gasteiger charge is 2.44. The Morgan fingerprint density at radius 3 is 2.71 bits per heavy atom. The van der Waals surface area contributed by atoms with Crippen LogP contribution >= 0.6 is 0 Å². The fraction of sp³-hybridized carbons (Fsp3) is 0.812. The van der Waals surface area contributed by atoms with Crippen LogP contribution in [-0.2, 0) is 16.0 Å². The third-order valence-electron chi connectivity index (χ3n) is 4.32. The van der Waals surface area contributed by atoms with E-state index in [1.807, 2.05) is 25.6 Å². The quantitative estimate of drug-likeness (QED) is 0.837. The summed E-state index contributed by atoms with van der Waals surface area (Å²) < 4.78 is 13.4. The lowest BCUT2D eigenvalue weighted by Crippen LogP contribution is -2.63. The maximum atomic E-state index is 5.70. The molecule has 1 saturated carbocycles. The molecular formula is C16H29N3O2. The Bertz CT molecular complexity index is 414. The molecule has 1 aromatic heterocycles. The molecule has 1 aromatic rings. The van der Waals surface area contributed by atoms with Crippen LogP contribution in [0.2, 0.25) is 0 Å². The zero-order valence-electron chi connectivity index (χ0n) is 13.9. The van der Waals surface area contributed by atoms with E-state index in [4.69, 9.17) is 9.47 Å². The first-order valence-corrected chi connectivity index (χ1v) is 7.82. The van der Waals surface area contributed by atoms with E-state index in [0.717, 1.165) is 19.6 Å². The summed E-state index contributed by atoms with van der Waals surface area (Å²) in [4.78, 5) is 4.13. The van der Waals surface area contributed by atoms with Crippen LogP contribution in [0.5, 0.6) is 0 Å². The summed E-state index contributed by atoms with van der Waals surface area (Å²) in [6, 6.07) is 0.719. The van der Waals surface area contributed by atoms with Crippen molar-refractivity contribution in [1.82, 2.24) is 14.9 Å². The Morgan fingerprint density at radius 2 is 2.19 bits per heavy atom. The number of hydrogen-bond acceptors (Lipinski definition) is 4. The summed E-state index contributed by atoms with van der Waals surface area (Å²) in [7, 11) is 1.77. The second kappa shape index (κ2) is 6.90. The van der Waals surface area contributed by atoms with Crippen LogP contribution in [0.1, 0.15) is 34.1 Å². The van der Waals surface area contributed by atoms with Crippen molar-refractivity contribution in [2.45, 2.75) is 65.0 Å². The molecule has 0 saturated heterocycles. The third kappa shape index (κ3) is 4.05. The number of hydrogen-bond donors (Lipinski definition) is 1. The normalized spacial score (nSPS) is 27.4. The maximum absolute atomic E-state index is 5.70. The first kappa shape index (κ1) is 16.5. The van der Waals surface area contributed by atoms with Gasteiger partial charge in [-0.05, 0) is 18.8 Å². The van der Waals surface area contributed by atoms with Crippen molar-refractivity contribution >= 4 is 0 Å². The molecule has 0 spiro atoms. The largest absolute Gasteiger partial charge is 0.377 e. The van der Waals surface area contributed by atoms with Gasteiger partial charge in [0.1, 0.15) is 0 Å². The van der Waals surface area contributed by atoms with Gasteiger partial charge in [-0.2, -0.15) is 0 Å². The van der Waals surface area contributed by atoms with E-state index >= 15 is 0 Å². The fourth-order valence-corrected chi connectivity index (χ4v) is 2.88. The molecule has 2 rings (SSSR count). The predicted octanol–water partition coefficient (Wildman–Crippen LogP) is 2.08. The SMILES string of the molecule is CCOC1CC(NC(Cn2ccnc2)C(C)(C)C)C1OC. The number of aromatic nitrogens is 2. The predicted molar refractivity (Wildman–Crippen MR) is 83.2 cm³/mol. The van der Waals surface area contributed by atoms with Crippen LogP contribution in [0.15, 0.2) is 18.7 Å². The Balaban J connectivity index is 1.96. The summed E-state index contributed by atoms with van der Waals surface area (Å²) in [6.07, 6.45) is 7.11. The average molecular weight is 295 g/mol. The van der Waals surface area contributed by atoms with Gasteiger partial charge in [0.2, 0.25) is 0 Å². The van der Waals surface area contributed by atoms with Crippen molar-refractivity contribution < 1.29 is 9.47 Å². The van der Waals surface area contributed by atoms with Crippen molar-refractivity contribution in [3.8, 4) is 0 Å². The topological polar surface area (TPSA) is 48.3 Å². The maximum Gasteiger partial charge on any atom is 0.0986 e. The molecule has 1 fully saturated rings. The number of nitrogens with one attached hydrogen (secondary N) is 1. The van der Waals surface area contributed by atoms with Crippen molar-refractivity contribution in [3.05, 3.63) is 18.7 Å². The van der Waals surface area contributed by atoms with Gasteiger partial charge >= 0.3 is 0 Å². The van der Waals surface area contributed by atoms with Gasteiger partial charge in [-0.15, -0.1) is 0 Å². The average Bonchev–Trinajstić information content (AvgIpc) is 2.88. The number of rotatable bonds is 7. The van der Waals surface area contributed by atoms with Crippen molar-refractivity contribution in [1.29, 1.82) is 0 Å². The summed E-state index contributed by atoms with van der Waals surface area (Å²) in [5.41, 5.74) is 0.166. The first-order valence-electron chi connectivity index (χ1n) is 7.82. The number of imidazole rings is 1. The van der Waals surface area contributed by atoms with Gasteiger partial charge in [-0.25, -0.2) is 4.98 Å². The van der Waals surface area contributed by atoms with Crippen molar-refractivity contribution in [2.75, 3.05) is 13.7 Å².